The first-order valence-electron chi connectivity index (χ1n) is 6.28. The Balaban J connectivity index is 1.98. The van der Waals surface area contributed by atoms with E-state index in [1.807, 2.05) is 37.5 Å². The fraction of sp³-hybridized carbons (Fsp3) is 0.143. The number of carbonyl (C=O) groups excluding carboxylic acids is 1. The molecule has 1 aliphatic rings. The molecular weight excluding hydrogens is 254 g/mol. The number of carbonyl (C=O) groups is 1. The molecule has 1 N–H and O–H groups in total. The molecule has 0 aliphatic carbocycles. The lowest BCUT2D eigenvalue weighted by Gasteiger charge is -2.08. The molecule has 0 bridgehead atoms. The third-order valence-electron chi connectivity index (χ3n) is 3.53. The van der Waals surface area contributed by atoms with Gasteiger partial charge in [0, 0.05) is 18.9 Å². The van der Waals surface area contributed by atoms with Crippen molar-refractivity contribution in [2.45, 2.75) is 5.92 Å². The number of benzene rings is 1. The number of fused-ring (bicyclic) bond motifs is 2. The van der Waals surface area contributed by atoms with Gasteiger partial charge in [0.25, 0.3) is 0 Å². The largest absolute Gasteiger partial charge is 0.325 e. The molecule has 1 atom stereocenters. The molecule has 4 rings (SSSR count). The Morgan fingerprint density at radius 3 is 3.00 bits per heavy atom. The molecule has 6 heteroatoms. The molecule has 98 valence electrons. The first kappa shape index (κ1) is 11.1. The maximum Gasteiger partial charge on any atom is 0.238 e. The number of aryl methyl sites for hydroxylation is 1. The molecule has 3 heterocycles. The number of para-hydroxylation sites is 1. The van der Waals surface area contributed by atoms with Gasteiger partial charge < -0.3 is 5.32 Å². The first-order chi connectivity index (χ1) is 9.74. The van der Waals surface area contributed by atoms with Gasteiger partial charge in [-0.2, -0.15) is 5.10 Å². The zero-order chi connectivity index (χ0) is 13.7. The van der Waals surface area contributed by atoms with Gasteiger partial charge in [0.1, 0.15) is 12.2 Å². The summed E-state index contributed by atoms with van der Waals surface area (Å²) in [7, 11) is 1.83. The summed E-state index contributed by atoms with van der Waals surface area (Å²) in [5.74, 6) is -0.462. The molecule has 1 aromatic carbocycles. The van der Waals surface area contributed by atoms with Crippen LogP contribution in [0.4, 0.5) is 5.69 Å². The minimum atomic E-state index is -0.402. The number of anilines is 1. The van der Waals surface area contributed by atoms with Crippen LogP contribution in [-0.4, -0.2) is 25.7 Å². The van der Waals surface area contributed by atoms with Gasteiger partial charge in [-0.3, -0.25) is 9.48 Å². The monoisotopic (exact) mass is 265 g/mol. The molecule has 1 unspecified atom stereocenters. The second-order valence-electron chi connectivity index (χ2n) is 4.81. The molecular formula is C14H11N5O. The molecule has 6 nitrogen and oxygen atoms in total. The van der Waals surface area contributed by atoms with Gasteiger partial charge in [-0.1, -0.05) is 18.2 Å². The molecule has 0 spiro atoms. The number of rotatable bonds is 1. The number of hydrogen-bond acceptors (Lipinski definition) is 4. The Morgan fingerprint density at radius 1 is 1.25 bits per heavy atom. The highest BCUT2D eigenvalue weighted by Crippen LogP contribution is 2.37. The van der Waals surface area contributed by atoms with Crippen LogP contribution in [0.1, 0.15) is 17.2 Å². The molecule has 2 aromatic heterocycles. The predicted molar refractivity (Wildman–Crippen MR) is 73.2 cm³/mol. The summed E-state index contributed by atoms with van der Waals surface area (Å²) in [6, 6.07) is 7.67. The van der Waals surface area contributed by atoms with Crippen LogP contribution in [-0.2, 0) is 11.8 Å². The third kappa shape index (κ3) is 1.45. The lowest BCUT2D eigenvalue weighted by molar-refractivity contribution is -0.116. The Labute approximate surface area is 114 Å². The number of aromatic nitrogens is 4. The zero-order valence-electron chi connectivity index (χ0n) is 10.7. The minimum Gasteiger partial charge on any atom is -0.325 e. The van der Waals surface area contributed by atoms with Gasteiger partial charge in [-0.05, 0) is 11.6 Å². The summed E-state index contributed by atoms with van der Waals surface area (Å²) >= 11 is 0. The van der Waals surface area contributed by atoms with Crippen LogP contribution in [0.2, 0.25) is 0 Å². The maximum absolute atomic E-state index is 12.3. The van der Waals surface area contributed by atoms with E-state index in [-0.39, 0.29) is 5.91 Å². The van der Waals surface area contributed by atoms with Crippen LogP contribution < -0.4 is 5.32 Å². The van der Waals surface area contributed by atoms with E-state index >= 15 is 0 Å². The van der Waals surface area contributed by atoms with E-state index in [4.69, 9.17) is 0 Å². The van der Waals surface area contributed by atoms with Crippen molar-refractivity contribution in [3.8, 4) is 0 Å². The number of hydrogen-bond donors (Lipinski definition) is 1. The Bertz CT molecular complexity index is 838. The lowest BCUT2D eigenvalue weighted by Crippen LogP contribution is -2.14. The predicted octanol–water partition coefficient (Wildman–Crippen LogP) is 1.45. The van der Waals surface area contributed by atoms with Crippen molar-refractivity contribution in [3.63, 3.8) is 0 Å². The zero-order valence-corrected chi connectivity index (χ0v) is 10.7. The molecule has 0 saturated heterocycles. The molecule has 0 saturated carbocycles. The van der Waals surface area contributed by atoms with Gasteiger partial charge in [0.2, 0.25) is 5.91 Å². The SMILES string of the molecule is Cn1cc2c(C3C(=O)Nc4ccccc43)ncnc2n1. The molecule has 3 aromatic rings. The molecule has 1 amide bonds. The van der Waals surface area contributed by atoms with Crippen LogP contribution >= 0.6 is 0 Å². The van der Waals surface area contributed by atoms with Crippen LogP contribution in [0.15, 0.2) is 36.8 Å². The van der Waals surface area contributed by atoms with Crippen molar-refractivity contribution >= 4 is 22.6 Å². The van der Waals surface area contributed by atoms with Crippen molar-refractivity contribution < 1.29 is 4.79 Å². The molecule has 0 fully saturated rings. The summed E-state index contributed by atoms with van der Waals surface area (Å²) in [5.41, 5.74) is 3.10. The highest BCUT2D eigenvalue weighted by atomic mass is 16.2. The lowest BCUT2D eigenvalue weighted by atomic mass is 9.95. The molecule has 1 aliphatic heterocycles. The Hall–Kier alpha value is -2.76. The maximum atomic E-state index is 12.3. The highest BCUT2D eigenvalue weighted by molar-refractivity contribution is 6.06. The van der Waals surface area contributed by atoms with Gasteiger partial charge >= 0.3 is 0 Å². The fourth-order valence-corrected chi connectivity index (χ4v) is 2.68. The second-order valence-corrected chi connectivity index (χ2v) is 4.81. The molecule has 0 radical (unpaired) electrons. The van der Waals surface area contributed by atoms with Crippen LogP contribution in [0.25, 0.3) is 11.0 Å². The van der Waals surface area contributed by atoms with E-state index in [9.17, 15) is 4.79 Å². The van der Waals surface area contributed by atoms with Crippen LogP contribution in [0.3, 0.4) is 0 Å². The minimum absolute atomic E-state index is 0.0601. The van der Waals surface area contributed by atoms with E-state index < -0.39 is 5.92 Å². The van der Waals surface area contributed by atoms with E-state index in [0.29, 0.717) is 11.3 Å². The Kier molecular flexibility index (Phi) is 2.14. The van der Waals surface area contributed by atoms with Crippen LogP contribution in [0.5, 0.6) is 0 Å². The summed E-state index contributed by atoms with van der Waals surface area (Å²) in [4.78, 5) is 20.8. The van der Waals surface area contributed by atoms with Crippen molar-refractivity contribution in [3.05, 3.63) is 48.0 Å². The normalized spacial score (nSPS) is 17.2. The highest BCUT2D eigenvalue weighted by Gasteiger charge is 2.34. The Morgan fingerprint density at radius 2 is 2.10 bits per heavy atom. The second kappa shape index (κ2) is 3.86. The average molecular weight is 265 g/mol. The summed E-state index contributed by atoms with van der Waals surface area (Å²) in [6.07, 6.45) is 3.30. The smallest absolute Gasteiger partial charge is 0.238 e. The van der Waals surface area contributed by atoms with Gasteiger partial charge in [0.15, 0.2) is 5.65 Å². The summed E-state index contributed by atoms with van der Waals surface area (Å²) in [6.45, 7) is 0. The number of nitrogens with one attached hydrogen (secondary N) is 1. The van der Waals surface area contributed by atoms with E-state index in [1.165, 1.54) is 6.33 Å². The summed E-state index contributed by atoms with van der Waals surface area (Å²) in [5, 5.41) is 7.96. The van der Waals surface area contributed by atoms with Crippen molar-refractivity contribution in [2.75, 3.05) is 5.32 Å². The van der Waals surface area contributed by atoms with Gasteiger partial charge in [-0.25, -0.2) is 9.97 Å². The molecule has 20 heavy (non-hydrogen) atoms. The quantitative estimate of drug-likeness (QED) is 0.722. The fourth-order valence-electron chi connectivity index (χ4n) is 2.68. The topological polar surface area (TPSA) is 72.7 Å². The van der Waals surface area contributed by atoms with Crippen molar-refractivity contribution in [2.24, 2.45) is 7.05 Å². The van der Waals surface area contributed by atoms with E-state index in [0.717, 1.165) is 16.6 Å². The van der Waals surface area contributed by atoms with Crippen molar-refractivity contribution in [1.29, 1.82) is 0 Å². The van der Waals surface area contributed by atoms with Gasteiger partial charge in [0.05, 0.1) is 11.1 Å². The number of amides is 1. The third-order valence-corrected chi connectivity index (χ3v) is 3.53. The summed E-state index contributed by atoms with van der Waals surface area (Å²) < 4.78 is 1.68. The first-order valence-corrected chi connectivity index (χ1v) is 6.28. The van der Waals surface area contributed by atoms with E-state index in [1.54, 1.807) is 4.68 Å². The standard InChI is InChI=1S/C14H11N5O/c1-19-6-9-12(15-7-16-13(9)18-19)11-8-4-2-3-5-10(8)17-14(11)20/h2-7,11H,1H3,(H,17,20). The van der Waals surface area contributed by atoms with Crippen molar-refractivity contribution in [1.82, 2.24) is 19.7 Å². The average Bonchev–Trinajstić information content (AvgIpc) is 2.96. The van der Waals surface area contributed by atoms with E-state index in [2.05, 4.69) is 20.4 Å². The van der Waals surface area contributed by atoms with Gasteiger partial charge in [-0.15, -0.1) is 0 Å². The van der Waals surface area contributed by atoms with Crippen LogP contribution in [0, 0.1) is 0 Å². The number of nitrogens with zero attached hydrogens (tertiary/aromatic N) is 4.